The number of aliphatic imine (C=N–C) groups is 1. The lowest BCUT2D eigenvalue weighted by Gasteiger charge is -2.07. The van der Waals surface area contributed by atoms with Crippen molar-refractivity contribution < 1.29 is 9.53 Å². The van der Waals surface area contributed by atoms with Crippen LogP contribution in [0.1, 0.15) is 12.8 Å². The molecule has 5 nitrogen and oxygen atoms in total. The number of nitrogens with zero attached hydrogens (tertiary/aromatic N) is 1. The Hall–Kier alpha value is -1.36. The number of rotatable bonds is 6. The minimum Gasteiger partial charge on any atom is -0.379 e. The van der Waals surface area contributed by atoms with E-state index in [0.717, 1.165) is 12.5 Å². The van der Waals surface area contributed by atoms with E-state index in [4.69, 9.17) is 4.74 Å². The summed E-state index contributed by atoms with van der Waals surface area (Å²) in [6.07, 6.45) is 4.05. The number of nitrogens with one attached hydrogen (secondary N) is 2. The molecule has 16 heavy (non-hydrogen) atoms. The maximum absolute atomic E-state index is 11.3. The summed E-state index contributed by atoms with van der Waals surface area (Å²) < 4.78 is 5.37. The van der Waals surface area contributed by atoms with Crippen LogP contribution in [0.25, 0.3) is 0 Å². The van der Waals surface area contributed by atoms with E-state index < -0.39 is 0 Å². The van der Waals surface area contributed by atoms with Gasteiger partial charge in [-0.15, -0.1) is 0 Å². The van der Waals surface area contributed by atoms with Crippen molar-refractivity contribution in [2.75, 3.05) is 26.8 Å². The molecule has 0 spiro atoms. The van der Waals surface area contributed by atoms with Gasteiger partial charge in [0.25, 0.3) is 0 Å². The number of carbonyl (C=O) groups is 1. The first kappa shape index (κ1) is 12.7. The molecule has 0 unspecified atom stereocenters. The molecule has 0 bridgehead atoms. The number of hydrogen-bond acceptors (Lipinski definition) is 3. The van der Waals surface area contributed by atoms with Crippen LogP contribution in [0.2, 0.25) is 0 Å². The first-order valence-electron chi connectivity index (χ1n) is 5.48. The molecule has 0 heterocycles. The highest BCUT2D eigenvalue weighted by molar-refractivity contribution is 6.03. The maximum Gasteiger partial charge on any atom is 0.320 e. The highest BCUT2D eigenvalue weighted by Gasteiger charge is 2.20. The first-order valence-corrected chi connectivity index (χ1v) is 5.48. The van der Waals surface area contributed by atoms with Crippen molar-refractivity contribution >= 4 is 11.9 Å². The number of urea groups is 1. The average Bonchev–Trinajstić information content (AvgIpc) is 3.09. The summed E-state index contributed by atoms with van der Waals surface area (Å²) >= 11 is 0. The van der Waals surface area contributed by atoms with E-state index in [-0.39, 0.29) is 6.03 Å². The largest absolute Gasteiger partial charge is 0.379 e. The number of amidine groups is 1. The van der Waals surface area contributed by atoms with E-state index in [1.54, 1.807) is 7.05 Å². The van der Waals surface area contributed by atoms with Gasteiger partial charge in [0.05, 0.1) is 6.61 Å². The van der Waals surface area contributed by atoms with Crippen molar-refractivity contribution in [3.63, 3.8) is 0 Å². The van der Waals surface area contributed by atoms with Crippen LogP contribution in [0.5, 0.6) is 0 Å². The molecular formula is C11H19N3O2. The van der Waals surface area contributed by atoms with Crippen LogP contribution in [0.15, 0.2) is 17.6 Å². The van der Waals surface area contributed by atoms with Crippen LogP contribution >= 0.6 is 0 Å². The molecule has 1 aliphatic carbocycles. The molecule has 1 saturated carbocycles. The summed E-state index contributed by atoms with van der Waals surface area (Å²) in [6.45, 7) is 5.40. The van der Waals surface area contributed by atoms with Gasteiger partial charge < -0.3 is 10.1 Å². The zero-order valence-corrected chi connectivity index (χ0v) is 9.66. The van der Waals surface area contributed by atoms with Crippen LogP contribution in [-0.4, -0.2) is 38.7 Å². The molecule has 0 aromatic heterocycles. The second-order valence-electron chi connectivity index (χ2n) is 3.71. The van der Waals surface area contributed by atoms with Crippen LogP contribution in [0.4, 0.5) is 4.79 Å². The van der Waals surface area contributed by atoms with Crippen LogP contribution in [0, 0.1) is 5.92 Å². The number of amides is 2. The van der Waals surface area contributed by atoms with Gasteiger partial charge in [0.1, 0.15) is 5.84 Å². The lowest BCUT2D eigenvalue weighted by Crippen LogP contribution is -2.40. The molecule has 0 aromatic carbocycles. The van der Waals surface area contributed by atoms with Crippen molar-refractivity contribution in [2.24, 2.45) is 10.9 Å². The van der Waals surface area contributed by atoms with E-state index in [9.17, 15) is 4.79 Å². The first-order chi connectivity index (χ1) is 7.76. The summed E-state index contributed by atoms with van der Waals surface area (Å²) in [4.78, 5) is 15.1. The second kappa shape index (κ2) is 7.00. The molecule has 1 aliphatic rings. The summed E-state index contributed by atoms with van der Waals surface area (Å²) in [5.41, 5.74) is 0. The standard InChI is InChI=1S/C11H19N3O2/c1-3-10(12-2)14-11(15)13-6-7-16-8-9-4-5-9/h3,9H,1,4-8H2,2H3,(H2,12,13,14,15). The molecule has 0 aromatic rings. The van der Waals surface area contributed by atoms with E-state index >= 15 is 0 Å². The Morgan fingerprint density at radius 3 is 2.94 bits per heavy atom. The topological polar surface area (TPSA) is 62.7 Å². The molecule has 1 rings (SSSR count). The van der Waals surface area contributed by atoms with Crippen molar-refractivity contribution in [2.45, 2.75) is 12.8 Å². The van der Waals surface area contributed by atoms with E-state index in [1.165, 1.54) is 18.9 Å². The maximum atomic E-state index is 11.3. The van der Waals surface area contributed by atoms with Gasteiger partial charge in [0, 0.05) is 20.2 Å². The SMILES string of the molecule is C=CC(=NC)NC(=O)NCCOCC1CC1. The number of carbonyl (C=O) groups excluding carboxylic acids is 1. The Morgan fingerprint density at radius 1 is 1.62 bits per heavy atom. The number of ether oxygens (including phenoxy) is 1. The van der Waals surface area contributed by atoms with Gasteiger partial charge in [-0.3, -0.25) is 10.3 Å². The van der Waals surface area contributed by atoms with Crippen LogP contribution in [-0.2, 0) is 4.74 Å². The summed E-state index contributed by atoms with van der Waals surface area (Å²) in [6, 6.07) is -0.282. The fourth-order valence-corrected chi connectivity index (χ4v) is 1.13. The molecule has 0 radical (unpaired) electrons. The van der Waals surface area contributed by atoms with Crippen LogP contribution < -0.4 is 10.6 Å². The molecule has 0 saturated heterocycles. The van der Waals surface area contributed by atoms with Gasteiger partial charge in [0.15, 0.2) is 0 Å². The molecule has 2 amide bonds. The average molecular weight is 225 g/mol. The van der Waals surface area contributed by atoms with Gasteiger partial charge in [-0.2, -0.15) is 0 Å². The van der Waals surface area contributed by atoms with Gasteiger partial charge >= 0.3 is 6.03 Å². The number of hydrogen-bond donors (Lipinski definition) is 2. The second-order valence-corrected chi connectivity index (χ2v) is 3.71. The minimum atomic E-state index is -0.282. The summed E-state index contributed by atoms with van der Waals surface area (Å²) in [5, 5.41) is 5.23. The molecule has 2 N–H and O–H groups in total. The third kappa shape index (κ3) is 5.50. The zero-order chi connectivity index (χ0) is 11.8. The van der Waals surface area contributed by atoms with E-state index in [2.05, 4.69) is 22.2 Å². The predicted octanol–water partition coefficient (Wildman–Crippen LogP) is 0.926. The Labute approximate surface area is 96.0 Å². The summed E-state index contributed by atoms with van der Waals surface area (Å²) in [5.74, 6) is 1.21. The minimum absolute atomic E-state index is 0.282. The normalized spacial score (nSPS) is 15.7. The van der Waals surface area contributed by atoms with Gasteiger partial charge in [-0.1, -0.05) is 6.58 Å². The highest BCUT2D eigenvalue weighted by Crippen LogP contribution is 2.28. The Morgan fingerprint density at radius 2 is 2.38 bits per heavy atom. The zero-order valence-electron chi connectivity index (χ0n) is 9.66. The van der Waals surface area contributed by atoms with Crippen molar-refractivity contribution in [3.05, 3.63) is 12.7 Å². The quantitative estimate of drug-likeness (QED) is 0.401. The van der Waals surface area contributed by atoms with Crippen molar-refractivity contribution in [1.29, 1.82) is 0 Å². The monoisotopic (exact) mass is 225 g/mol. The third-order valence-electron chi connectivity index (χ3n) is 2.26. The van der Waals surface area contributed by atoms with Gasteiger partial charge in [-0.05, 0) is 24.8 Å². The Kier molecular flexibility index (Phi) is 5.56. The van der Waals surface area contributed by atoms with Crippen LogP contribution in [0.3, 0.4) is 0 Å². The Bertz CT molecular complexity index is 272. The third-order valence-corrected chi connectivity index (χ3v) is 2.26. The fraction of sp³-hybridized carbons (Fsp3) is 0.636. The van der Waals surface area contributed by atoms with E-state index in [1.807, 2.05) is 0 Å². The lowest BCUT2D eigenvalue weighted by atomic mass is 10.5. The smallest absolute Gasteiger partial charge is 0.320 e. The fourth-order valence-electron chi connectivity index (χ4n) is 1.13. The lowest BCUT2D eigenvalue weighted by molar-refractivity contribution is 0.127. The van der Waals surface area contributed by atoms with E-state index in [0.29, 0.717) is 19.0 Å². The molecule has 0 aliphatic heterocycles. The molecular weight excluding hydrogens is 206 g/mol. The molecule has 5 heteroatoms. The Balaban J connectivity index is 1.98. The molecule has 1 fully saturated rings. The van der Waals surface area contributed by atoms with Gasteiger partial charge in [-0.25, -0.2) is 4.79 Å². The van der Waals surface area contributed by atoms with Gasteiger partial charge in [0.2, 0.25) is 0 Å². The predicted molar refractivity (Wildman–Crippen MR) is 63.6 cm³/mol. The molecule has 0 atom stereocenters. The summed E-state index contributed by atoms with van der Waals surface area (Å²) in [7, 11) is 1.59. The van der Waals surface area contributed by atoms with Crippen molar-refractivity contribution in [1.82, 2.24) is 10.6 Å². The van der Waals surface area contributed by atoms with Crippen molar-refractivity contribution in [3.8, 4) is 0 Å². The molecule has 90 valence electrons. The highest BCUT2D eigenvalue weighted by atomic mass is 16.5.